The van der Waals surface area contributed by atoms with Crippen molar-refractivity contribution in [3.63, 3.8) is 0 Å². The molecule has 0 bridgehead atoms. The Kier molecular flexibility index (Phi) is 5.42. The molecule has 19 heavy (non-hydrogen) atoms. The van der Waals surface area contributed by atoms with Gasteiger partial charge in [0.05, 0.1) is 7.11 Å². The number of hydrogen-bond donors (Lipinski definition) is 1. The topological polar surface area (TPSA) is 35.2 Å². The van der Waals surface area contributed by atoms with Gasteiger partial charge in [-0.3, -0.25) is 0 Å². The third kappa shape index (κ3) is 3.50. The molecule has 1 aliphatic carbocycles. The highest BCUT2D eigenvalue weighted by Gasteiger charge is 2.32. The Morgan fingerprint density at radius 1 is 1.37 bits per heavy atom. The van der Waals surface area contributed by atoms with Crippen LogP contribution in [0, 0.1) is 12.3 Å². The van der Waals surface area contributed by atoms with E-state index in [1.54, 1.807) is 7.11 Å². The van der Waals surface area contributed by atoms with Gasteiger partial charge in [0.15, 0.2) is 0 Å². The Morgan fingerprint density at radius 3 is 2.47 bits per heavy atom. The Morgan fingerprint density at radius 2 is 1.95 bits per heavy atom. The lowest BCUT2D eigenvalue weighted by Crippen LogP contribution is -2.26. The molecule has 0 spiro atoms. The number of aryl methyl sites for hydroxylation is 2. The molecule has 1 aromatic rings. The zero-order valence-corrected chi connectivity index (χ0v) is 13.3. The van der Waals surface area contributed by atoms with E-state index in [2.05, 4.69) is 39.8 Å². The first-order valence-electron chi connectivity index (χ1n) is 7.24. The summed E-state index contributed by atoms with van der Waals surface area (Å²) in [6.45, 7) is 11.9. The number of methoxy groups -OCH3 is 1. The van der Waals surface area contributed by atoms with Gasteiger partial charge >= 0.3 is 0 Å². The van der Waals surface area contributed by atoms with Crippen LogP contribution < -0.4 is 10.5 Å². The summed E-state index contributed by atoms with van der Waals surface area (Å²) in [5.41, 5.74) is 9.53. The first kappa shape index (κ1) is 16.0. The number of nitrogens with two attached hydrogens (primary N) is 1. The molecular weight excluding hydrogens is 234 g/mol. The summed E-state index contributed by atoms with van der Waals surface area (Å²) in [4.78, 5) is 0. The molecule has 1 aromatic carbocycles. The van der Waals surface area contributed by atoms with Crippen molar-refractivity contribution in [2.24, 2.45) is 11.1 Å². The van der Waals surface area contributed by atoms with Crippen molar-refractivity contribution in [3.05, 3.63) is 28.8 Å². The third-order valence-electron chi connectivity index (χ3n) is 4.33. The van der Waals surface area contributed by atoms with Crippen molar-refractivity contribution < 1.29 is 4.74 Å². The average Bonchev–Trinajstić information content (AvgIpc) is 2.35. The van der Waals surface area contributed by atoms with Gasteiger partial charge in [-0.1, -0.05) is 33.8 Å². The number of benzene rings is 1. The fraction of sp³-hybridized carbons (Fsp3) is 0.647. The molecule has 0 fully saturated rings. The highest BCUT2D eigenvalue weighted by atomic mass is 16.5. The number of fused-ring (bicyclic) bond motifs is 1. The molecule has 108 valence electrons. The Labute approximate surface area is 118 Å². The second-order valence-electron chi connectivity index (χ2n) is 6.14. The zero-order valence-electron chi connectivity index (χ0n) is 13.3. The molecule has 1 unspecified atom stereocenters. The lowest BCUT2D eigenvalue weighted by molar-refractivity contribution is 0.258. The van der Waals surface area contributed by atoms with E-state index in [4.69, 9.17) is 10.5 Å². The van der Waals surface area contributed by atoms with Gasteiger partial charge in [0.25, 0.3) is 0 Å². The van der Waals surface area contributed by atoms with E-state index in [-0.39, 0.29) is 0 Å². The maximum atomic E-state index is 5.40. The van der Waals surface area contributed by atoms with Gasteiger partial charge in [0, 0.05) is 0 Å². The standard InChI is InChI=1S/C15H22O.C2H7N/c1-10-8-13-11(2)15(3,4)7-6-12(13)9-14(10)16-5;1-2-3/h8-9,11H,6-7H2,1-5H3;2-3H2,1H3. The summed E-state index contributed by atoms with van der Waals surface area (Å²) in [6.07, 6.45) is 2.46. The fourth-order valence-corrected chi connectivity index (χ4v) is 2.69. The molecule has 0 radical (unpaired) electrons. The van der Waals surface area contributed by atoms with E-state index >= 15 is 0 Å². The molecule has 0 saturated carbocycles. The second kappa shape index (κ2) is 6.42. The van der Waals surface area contributed by atoms with Gasteiger partial charge in [-0.05, 0) is 60.4 Å². The highest BCUT2D eigenvalue weighted by molar-refractivity contribution is 5.45. The quantitative estimate of drug-likeness (QED) is 0.829. The second-order valence-corrected chi connectivity index (χ2v) is 6.14. The molecule has 2 heteroatoms. The maximum absolute atomic E-state index is 5.40. The minimum Gasteiger partial charge on any atom is -0.496 e. The van der Waals surface area contributed by atoms with Crippen LogP contribution in [-0.4, -0.2) is 13.7 Å². The van der Waals surface area contributed by atoms with E-state index in [1.807, 2.05) is 6.92 Å². The van der Waals surface area contributed by atoms with Crippen LogP contribution in [0.5, 0.6) is 5.75 Å². The molecule has 2 nitrogen and oxygen atoms in total. The van der Waals surface area contributed by atoms with E-state index in [0.717, 1.165) is 12.3 Å². The molecule has 1 aliphatic rings. The number of rotatable bonds is 1. The van der Waals surface area contributed by atoms with Crippen LogP contribution in [-0.2, 0) is 6.42 Å². The Bertz CT molecular complexity index is 424. The van der Waals surface area contributed by atoms with E-state index in [9.17, 15) is 0 Å². The highest BCUT2D eigenvalue weighted by Crippen LogP contribution is 2.46. The van der Waals surface area contributed by atoms with Crippen molar-refractivity contribution >= 4 is 0 Å². The molecule has 0 aromatic heterocycles. The molecule has 0 saturated heterocycles. The number of ether oxygens (including phenoxy) is 1. The minimum absolute atomic E-state index is 0.425. The van der Waals surface area contributed by atoms with Gasteiger partial charge in [-0.2, -0.15) is 0 Å². The lowest BCUT2D eigenvalue weighted by Gasteiger charge is -2.38. The van der Waals surface area contributed by atoms with E-state index < -0.39 is 0 Å². The lowest BCUT2D eigenvalue weighted by atomic mass is 9.67. The molecule has 0 amide bonds. The summed E-state index contributed by atoms with van der Waals surface area (Å²) < 4.78 is 5.40. The van der Waals surface area contributed by atoms with Crippen LogP contribution in [0.2, 0.25) is 0 Å². The van der Waals surface area contributed by atoms with Gasteiger partial charge in [-0.25, -0.2) is 0 Å². The molecule has 0 aliphatic heterocycles. The average molecular weight is 263 g/mol. The van der Waals surface area contributed by atoms with Gasteiger partial charge < -0.3 is 10.5 Å². The molecule has 2 rings (SSSR count). The first-order chi connectivity index (χ1) is 8.87. The normalized spacial score (nSPS) is 20.1. The maximum Gasteiger partial charge on any atom is 0.122 e. The smallest absolute Gasteiger partial charge is 0.122 e. The van der Waals surface area contributed by atoms with Crippen molar-refractivity contribution in [1.29, 1.82) is 0 Å². The predicted octanol–water partition coefficient (Wildman–Crippen LogP) is 4.04. The molecule has 0 heterocycles. The fourth-order valence-electron chi connectivity index (χ4n) is 2.69. The molecule has 1 atom stereocenters. The van der Waals surface area contributed by atoms with Crippen molar-refractivity contribution in [2.45, 2.75) is 53.4 Å². The van der Waals surface area contributed by atoms with Crippen LogP contribution in [0.4, 0.5) is 0 Å². The third-order valence-corrected chi connectivity index (χ3v) is 4.33. The monoisotopic (exact) mass is 263 g/mol. The van der Waals surface area contributed by atoms with Crippen molar-refractivity contribution in [2.75, 3.05) is 13.7 Å². The number of hydrogen-bond acceptors (Lipinski definition) is 2. The van der Waals surface area contributed by atoms with Crippen LogP contribution >= 0.6 is 0 Å². The van der Waals surface area contributed by atoms with Crippen LogP contribution in [0.3, 0.4) is 0 Å². The Hall–Kier alpha value is -1.02. The summed E-state index contributed by atoms with van der Waals surface area (Å²) in [5, 5.41) is 0. The predicted molar refractivity (Wildman–Crippen MR) is 83.0 cm³/mol. The van der Waals surface area contributed by atoms with Gasteiger partial charge in [0.1, 0.15) is 5.75 Å². The SMILES string of the molecule is CCN.COc1cc2c(cc1C)C(C)C(C)(C)CC2. The van der Waals surface area contributed by atoms with Crippen LogP contribution in [0.25, 0.3) is 0 Å². The largest absolute Gasteiger partial charge is 0.496 e. The first-order valence-corrected chi connectivity index (χ1v) is 7.24. The Balaban J connectivity index is 0.000000550. The summed E-state index contributed by atoms with van der Waals surface area (Å²) in [7, 11) is 1.75. The molecular formula is C17H29NO. The zero-order chi connectivity index (χ0) is 14.6. The molecule has 2 N–H and O–H groups in total. The van der Waals surface area contributed by atoms with Crippen LogP contribution in [0.15, 0.2) is 12.1 Å². The summed E-state index contributed by atoms with van der Waals surface area (Å²) in [6, 6.07) is 4.55. The van der Waals surface area contributed by atoms with Crippen molar-refractivity contribution in [1.82, 2.24) is 0 Å². The van der Waals surface area contributed by atoms with E-state index in [0.29, 0.717) is 11.3 Å². The minimum atomic E-state index is 0.425. The van der Waals surface area contributed by atoms with Crippen LogP contribution in [0.1, 0.15) is 56.7 Å². The van der Waals surface area contributed by atoms with Crippen molar-refractivity contribution in [3.8, 4) is 5.75 Å². The van der Waals surface area contributed by atoms with Gasteiger partial charge in [-0.15, -0.1) is 0 Å². The van der Waals surface area contributed by atoms with Gasteiger partial charge in [0.2, 0.25) is 0 Å². The summed E-state index contributed by atoms with van der Waals surface area (Å²) in [5.74, 6) is 1.67. The summed E-state index contributed by atoms with van der Waals surface area (Å²) >= 11 is 0. The van der Waals surface area contributed by atoms with E-state index in [1.165, 1.54) is 29.5 Å².